The number of carboxylic acids is 1. The summed E-state index contributed by atoms with van der Waals surface area (Å²) in [6, 6.07) is -4.79. The fourth-order valence-corrected chi connectivity index (χ4v) is 11.3. The number of carboxylic acid groups (broad SMARTS) is 1. The van der Waals surface area contributed by atoms with E-state index in [0.29, 0.717) is 42.6 Å². The number of rotatable bonds is 49. The van der Waals surface area contributed by atoms with Gasteiger partial charge < -0.3 is 96.7 Å². The minimum atomic E-state index is -1.67. The molecule has 582 valence electrons. The standard InChI is InChI=1S/C71H115N15O17S/c1-13-39(8)57(85-67(98)52(33-38(6)7)81-65(96)51(32-37(4)5)80-63(94)49(27-28-55(74)89)78-61(92)47(73)34-43-19-23-45(87)24-20-43)69(100)76-42(11)60(91)77-50(29-31-104-12)64(95)84-58(40(9)14-2)70(101)83-53(35-44-21-25-46(88)26-22-44)66(97)79-48(18-16-17-30-72)62(93)82-54(36-56(75)90)68(99)86-59(71(102)103)41(10)15-3/h19-26,37-42,47-54,57-59,87-88H,13-18,27-36,72-73H2,1-12H3,(H2,74,89)(H2,75,90)(H,76,100)(H,77,91)(H,78,92)(H,79,97)(H,80,94)(H,81,96)(H,82,93)(H,83,101)(H,84,95)(H,85,98)(H,86,99)(H,102,103)/t39-,40-,41-,42-,47-,48-,49-,50-,51-,52-,53-,54-,57-,58-,59-/m0/s1. The summed E-state index contributed by atoms with van der Waals surface area (Å²) in [5, 5.41) is 58.6. The average Bonchev–Trinajstić information content (AvgIpc) is 0.852. The first-order valence-electron chi connectivity index (χ1n) is 35.5. The molecule has 0 unspecified atom stereocenters. The molecule has 0 fully saturated rings. The number of hydrogen-bond acceptors (Lipinski definition) is 19. The maximum absolute atomic E-state index is 14.7. The second kappa shape index (κ2) is 46.6. The van der Waals surface area contributed by atoms with Gasteiger partial charge in [0.1, 0.15) is 78.0 Å². The van der Waals surface area contributed by atoms with Crippen molar-refractivity contribution in [3.63, 3.8) is 0 Å². The Morgan fingerprint density at radius 1 is 0.413 bits per heavy atom. The first-order valence-corrected chi connectivity index (χ1v) is 36.9. The number of unbranched alkanes of at least 4 members (excludes halogenated alkanes) is 1. The van der Waals surface area contributed by atoms with Crippen molar-refractivity contribution in [2.24, 2.45) is 52.5 Å². The highest BCUT2D eigenvalue weighted by molar-refractivity contribution is 7.98. The molecule has 32 nitrogen and oxygen atoms in total. The molecule has 0 saturated carbocycles. The molecule has 2 aromatic carbocycles. The summed E-state index contributed by atoms with van der Waals surface area (Å²) in [6.07, 6.45) is 1.94. The van der Waals surface area contributed by atoms with Crippen molar-refractivity contribution in [1.29, 1.82) is 0 Å². The second-order valence-corrected chi connectivity index (χ2v) is 28.4. The number of nitrogens with two attached hydrogens (primary N) is 4. The third-order valence-electron chi connectivity index (χ3n) is 17.7. The minimum Gasteiger partial charge on any atom is -0.508 e. The largest absolute Gasteiger partial charge is 0.508 e. The number of benzene rings is 2. The van der Waals surface area contributed by atoms with Crippen molar-refractivity contribution in [3.8, 4) is 11.5 Å². The third kappa shape index (κ3) is 32.7. The van der Waals surface area contributed by atoms with E-state index in [-0.39, 0.29) is 87.7 Å². The van der Waals surface area contributed by atoms with Gasteiger partial charge in [0.15, 0.2) is 0 Å². The van der Waals surface area contributed by atoms with E-state index in [2.05, 4.69) is 58.5 Å². The van der Waals surface area contributed by atoms with Gasteiger partial charge in [-0.1, -0.05) is 113 Å². The first kappa shape index (κ1) is 91.0. The molecular formula is C71H115N15O17S. The van der Waals surface area contributed by atoms with Crippen LogP contribution in [0.25, 0.3) is 0 Å². The quantitative estimate of drug-likeness (QED) is 0.0385. The van der Waals surface area contributed by atoms with Gasteiger partial charge in [-0.15, -0.1) is 0 Å². The van der Waals surface area contributed by atoms with E-state index in [4.69, 9.17) is 22.9 Å². The predicted octanol–water partition coefficient (Wildman–Crippen LogP) is -0.0989. The maximum Gasteiger partial charge on any atom is 0.326 e. The second-order valence-electron chi connectivity index (χ2n) is 27.5. The monoisotopic (exact) mass is 1480 g/mol. The molecule has 33 heteroatoms. The van der Waals surface area contributed by atoms with Crippen molar-refractivity contribution in [1.82, 2.24) is 58.5 Å². The lowest BCUT2D eigenvalue weighted by molar-refractivity contribution is -0.144. The molecular weight excluding hydrogens is 1370 g/mol. The number of nitrogens with one attached hydrogen (secondary N) is 11. The molecule has 0 heterocycles. The van der Waals surface area contributed by atoms with Gasteiger partial charge in [0.25, 0.3) is 0 Å². The Morgan fingerprint density at radius 2 is 0.779 bits per heavy atom. The summed E-state index contributed by atoms with van der Waals surface area (Å²) in [5.41, 5.74) is 23.9. The van der Waals surface area contributed by atoms with Crippen LogP contribution in [0.4, 0.5) is 0 Å². The Labute approximate surface area is 613 Å². The molecule has 13 amide bonds. The van der Waals surface area contributed by atoms with E-state index < -0.39 is 179 Å². The van der Waals surface area contributed by atoms with E-state index in [1.54, 1.807) is 87.6 Å². The summed E-state index contributed by atoms with van der Waals surface area (Å²) in [7, 11) is 0. The smallest absolute Gasteiger partial charge is 0.326 e. The van der Waals surface area contributed by atoms with Crippen LogP contribution < -0.4 is 81.4 Å². The Bertz CT molecular complexity index is 3180. The van der Waals surface area contributed by atoms with Gasteiger partial charge in [0.05, 0.1) is 12.5 Å². The van der Waals surface area contributed by atoms with Crippen LogP contribution in [0.1, 0.15) is 164 Å². The predicted molar refractivity (Wildman–Crippen MR) is 392 cm³/mol. The van der Waals surface area contributed by atoms with Gasteiger partial charge in [-0.2, -0.15) is 11.8 Å². The average molecular weight is 1480 g/mol. The molecule has 0 bridgehead atoms. The zero-order valence-electron chi connectivity index (χ0n) is 62.0. The van der Waals surface area contributed by atoms with Gasteiger partial charge in [-0.05, 0) is 142 Å². The highest BCUT2D eigenvalue weighted by Crippen LogP contribution is 2.19. The highest BCUT2D eigenvalue weighted by Gasteiger charge is 2.39. The lowest BCUT2D eigenvalue weighted by atomic mass is 9.96. The Kier molecular flexibility index (Phi) is 40.7. The van der Waals surface area contributed by atoms with Gasteiger partial charge in [-0.3, -0.25) is 62.3 Å². The number of thioether (sulfide) groups is 1. The number of phenolic OH excluding ortho intramolecular Hbond substituents is 2. The molecule has 0 aliphatic carbocycles. The highest BCUT2D eigenvalue weighted by atomic mass is 32.2. The third-order valence-corrected chi connectivity index (χ3v) is 18.4. The number of carbonyl (C=O) groups excluding carboxylic acids is 13. The topological polar surface area (TPSA) is 536 Å². The number of amides is 13. The molecule has 0 radical (unpaired) electrons. The van der Waals surface area contributed by atoms with Crippen molar-refractivity contribution in [2.45, 2.75) is 239 Å². The van der Waals surface area contributed by atoms with E-state index >= 15 is 0 Å². The van der Waals surface area contributed by atoms with Crippen LogP contribution in [0, 0.1) is 29.6 Å². The number of carbonyl (C=O) groups is 14. The van der Waals surface area contributed by atoms with Gasteiger partial charge >= 0.3 is 5.97 Å². The van der Waals surface area contributed by atoms with Crippen LogP contribution in [0.5, 0.6) is 11.5 Å². The van der Waals surface area contributed by atoms with E-state index in [1.807, 2.05) is 0 Å². The fraction of sp³-hybridized carbons (Fsp3) is 0.634. The summed E-state index contributed by atoms with van der Waals surface area (Å²) in [4.78, 5) is 193. The van der Waals surface area contributed by atoms with Crippen LogP contribution in [0.15, 0.2) is 48.5 Å². The summed E-state index contributed by atoms with van der Waals surface area (Å²) < 4.78 is 0. The minimum absolute atomic E-state index is 0.00354. The van der Waals surface area contributed by atoms with Crippen molar-refractivity contribution in [3.05, 3.63) is 59.7 Å². The number of phenols is 2. The number of primary amides is 2. The fourth-order valence-electron chi connectivity index (χ4n) is 10.8. The van der Waals surface area contributed by atoms with Gasteiger partial charge in [-0.25, -0.2) is 4.79 Å². The van der Waals surface area contributed by atoms with Gasteiger partial charge in [0, 0.05) is 12.8 Å². The van der Waals surface area contributed by atoms with Crippen molar-refractivity contribution in [2.75, 3.05) is 18.6 Å². The molecule has 0 spiro atoms. The molecule has 104 heavy (non-hydrogen) atoms. The van der Waals surface area contributed by atoms with E-state index in [0.717, 1.165) is 0 Å². The summed E-state index contributed by atoms with van der Waals surface area (Å²) in [5.74, 6) is -14.4. The van der Waals surface area contributed by atoms with Crippen molar-refractivity contribution >= 4 is 94.5 Å². The summed E-state index contributed by atoms with van der Waals surface area (Å²) >= 11 is 1.35. The zero-order chi connectivity index (χ0) is 78.7. The molecule has 0 saturated heterocycles. The number of hydrogen-bond donors (Lipinski definition) is 18. The van der Waals surface area contributed by atoms with E-state index in [9.17, 15) is 82.4 Å². The Morgan fingerprint density at radius 3 is 1.23 bits per heavy atom. The van der Waals surface area contributed by atoms with Crippen LogP contribution in [0.3, 0.4) is 0 Å². The molecule has 0 aliphatic heterocycles. The molecule has 2 rings (SSSR count). The van der Waals surface area contributed by atoms with Crippen LogP contribution in [-0.2, 0) is 80.0 Å². The number of aromatic hydroxyl groups is 2. The summed E-state index contributed by atoms with van der Waals surface area (Å²) in [6.45, 7) is 18.9. The molecule has 22 N–H and O–H groups in total. The Balaban J connectivity index is 2.46. The van der Waals surface area contributed by atoms with Crippen LogP contribution in [-0.4, -0.2) is 189 Å². The van der Waals surface area contributed by atoms with Crippen molar-refractivity contribution < 1.29 is 82.4 Å². The zero-order valence-corrected chi connectivity index (χ0v) is 62.8. The lowest BCUT2D eigenvalue weighted by Crippen LogP contribution is -2.62. The molecule has 0 aromatic heterocycles. The van der Waals surface area contributed by atoms with E-state index in [1.165, 1.54) is 55.1 Å². The SMILES string of the molecule is CC[C@H](C)[C@H](NC(=O)[C@H](CC(N)=O)NC(=O)[C@H](CCCCN)NC(=O)[C@H](Cc1ccc(O)cc1)NC(=O)[C@@H](NC(=O)[C@H](CCSC)NC(=O)[C@H](C)NC(=O)[C@@H](NC(=O)[C@H](CC(C)C)NC(=O)[C@H](CC(C)C)NC(=O)[C@H](CCC(N)=O)NC(=O)[C@@H](N)Cc1ccc(O)cc1)[C@@H](C)CC)[C@@H](C)CC)C(=O)O. The van der Waals surface area contributed by atoms with Gasteiger partial charge in [0.2, 0.25) is 76.8 Å². The maximum atomic E-state index is 14.7. The molecule has 15 atom stereocenters. The Hall–Kier alpha value is -9.11. The number of aliphatic carboxylic acids is 1. The van der Waals surface area contributed by atoms with Crippen LogP contribution >= 0.6 is 11.8 Å². The van der Waals surface area contributed by atoms with Crippen LogP contribution in [0.2, 0.25) is 0 Å². The molecule has 2 aromatic rings. The normalized spacial score (nSPS) is 15.6. The lowest BCUT2D eigenvalue weighted by Gasteiger charge is -2.30. The molecule has 0 aliphatic rings. The first-order chi connectivity index (χ1) is 48.9.